The van der Waals surface area contributed by atoms with Gasteiger partial charge in [0.2, 0.25) is 0 Å². The Labute approximate surface area is 92.7 Å². The van der Waals surface area contributed by atoms with Crippen molar-refractivity contribution < 1.29 is 0 Å². The second-order valence-electron chi connectivity index (χ2n) is 4.75. The largest absolute Gasteiger partial charge is 0.384 e. The van der Waals surface area contributed by atoms with Crippen LogP contribution in [0.3, 0.4) is 0 Å². The Kier molecular flexibility index (Phi) is 4.18. The summed E-state index contributed by atoms with van der Waals surface area (Å²) in [7, 11) is 0. The molecule has 0 aliphatic rings. The zero-order valence-corrected chi connectivity index (χ0v) is 10.3. The van der Waals surface area contributed by atoms with Gasteiger partial charge in [0.25, 0.3) is 0 Å². The molecule has 1 rings (SSSR count). The highest BCUT2D eigenvalue weighted by atomic mass is 15.1. The standard InChI is InChI=1S/C12H23N3/c1-5-6-10(4)11-12(13)15(8-14-11)7-9(2)3/h8-10H,5-7,13H2,1-4H3. The Bertz CT molecular complexity index is 302. The smallest absolute Gasteiger partial charge is 0.126 e. The van der Waals surface area contributed by atoms with Gasteiger partial charge in [0.1, 0.15) is 5.82 Å². The van der Waals surface area contributed by atoms with Crippen molar-refractivity contribution in [3.05, 3.63) is 12.0 Å². The normalized spacial score (nSPS) is 13.4. The molecule has 0 radical (unpaired) electrons. The van der Waals surface area contributed by atoms with Crippen molar-refractivity contribution in [1.29, 1.82) is 0 Å². The van der Waals surface area contributed by atoms with E-state index < -0.39 is 0 Å². The molecule has 0 aliphatic heterocycles. The lowest BCUT2D eigenvalue weighted by atomic mass is 10.0. The summed E-state index contributed by atoms with van der Waals surface area (Å²) in [6.45, 7) is 9.72. The highest BCUT2D eigenvalue weighted by Gasteiger charge is 2.14. The zero-order chi connectivity index (χ0) is 11.4. The van der Waals surface area contributed by atoms with Gasteiger partial charge in [0.05, 0.1) is 12.0 Å². The monoisotopic (exact) mass is 209 g/mol. The number of imidazole rings is 1. The molecule has 0 bridgehead atoms. The van der Waals surface area contributed by atoms with E-state index in [1.165, 1.54) is 6.42 Å². The predicted molar refractivity (Wildman–Crippen MR) is 64.8 cm³/mol. The maximum atomic E-state index is 6.08. The van der Waals surface area contributed by atoms with Crippen LogP contribution >= 0.6 is 0 Å². The minimum absolute atomic E-state index is 0.475. The van der Waals surface area contributed by atoms with E-state index in [-0.39, 0.29) is 0 Å². The summed E-state index contributed by atoms with van der Waals surface area (Å²) in [4.78, 5) is 4.43. The number of nitrogen functional groups attached to an aromatic ring is 1. The Morgan fingerprint density at radius 1 is 1.40 bits per heavy atom. The van der Waals surface area contributed by atoms with Crippen LogP contribution in [-0.4, -0.2) is 9.55 Å². The number of aromatic nitrogens is 2. The molecule has 0 saturated heterocycles. The van der Waals surface area contributed by atoms with Crippen molar-refractivity contribution in [3.8, 4) is 0 Å². The van der Waals surface area contributed by atoms with Gasteiger partial charge in [-0.1, -0.05) is 34.1 Å². The summed E-state index contributed by atoms with van der Waals surface area (Å²) in [5, 5.41) is 0. The van der Waals surface area contributed by atoms with Crippen molar-refractivity contribution >= 4 is 5.82 Å². The third-order valence-corrected chi connectivity index (χ3v) is 2.66. The maximum Gasteiger partial charge on any atom is 0.126 e. The molecule has 2 N–H and O–H groups in total. The molecule has 15 heavy (non-hydrogen) atoms. The van der Waals surface area contributed by atoms with Crippen molar-refractivity contribution in [1.82, 2.24) is 9.55 Å². The molecule has 0 amide bonds. The number of nitrogens with two attached hydrogens (primary N) is 1. The van der Waals surface area contributed by atoms with Crippen LogP contribution in [0.5, 0.6) is 0 Å². The Morgan fingerprint density at radius 3 is 2.60 bits per heavy atom. The SMILES string of the molecule is CCCC(C)c1ncn(CC(C)C)c1N. The molecule has 1 unspecified atom stereocenters. The molecule has 1 aromatic heterocycles. The molecule has 0 fully saturated rings. The first-order valence-corrected chi connectivity index (χ1v) is 5.86. The summed E-state index contributed by atoms with van der Waals surface area (Å²) < 4.78 is 2.06. The topological polar surface area (TPSA) is 43.8 Å². The van der Waals surface area contributed by atoms with Gasteiger partial charge in [-0.25, -0.2) is 4.98 Å². The number of hydrogen-bond donors (Lipinski definition) is 1. The maximum absolute atomic E-state index is 6.08. The highest BCUT2D eigenvalue weighted by molar-refractivity contribution is 5.38. The van der Waals surface area contributed by atoms with Gasteiger partial charge >= 0.3 is 0 Å². The van der Waals surface area contributed by atoms with E-state index in [9.17, 15) is 0 Å². The van der Waals surface area contributed by atoms with E-state index in [1.54, 1.807) is 0 Å². The van der Waals surface area contributed by atoms with Crippen molar-refractivity contribution in [2.75, 3.05) is 5.73 Å². The third kappa shape index (κ3) is 2.98. The molecule has 0 spiro atoms. The fourth-order valence-corrected chi connectivity index (χ4v) is 1.90. The fraction of sp³-hybridized carbons (Fsp3) is 0.750. The molecule has 3 nitrogen and oxygen atoms in total. The average Bonchev–Trinajstić information content (AvgIpc) is 2.48. The molecule has 86 valence electrons. The summed E-state index contributed by atoms with van der Waals surface area (Å²) in [6.07, 6.45) is 4.21. The summed E-state index contributed by atoms with van der Waals surface area (Å²) in [6, 6.07) is 0. The fourth-order valence-electron chi connectivity index (χ4n) is 1.90. The highest BCUT2D eigenvalue weighted by Crippen LogP contribution is 2.24. The van der Waals surface area contributed by atoms with E-state index in [2.05, 4.69) is 37.2 Å². The van der Waals surface area contributed by atoms with Crippen LogP contribution in [0, 0.1) is 5.92 Å². The Morgan fingerprint density at radius 2 is 2.07 bits per heavy atom. The molecular weight excluding hydrogens is 186 g/mol. The number of rotatable bonds is 5. The third-order valence-electron chi connectivity index (χ3n) is 2.66. The van der Waals surface area contributed by atoms with Gasteiger partial charge < -0.3 is 10.3 Å². The molecule has 0 saturated carbocycles. The minimum atomic E-state index is 0.475. The van der Waals surface area contributed by atoms with Crippen LogP contribution in [0.25, 0.3) is 0 Å². The summed E-state index contributed by atoms with van der Waals surface area (Å²) in [5.74, 6) is 1.93. The first-order valence-electron chi connectivity index (χ1n) is 5.86. The number of hydrogen-bond acceptors (Lipinski definition) is 2. The summed E-state index contributed by atoms with van der Waals surface area (Å²) in [5.41, 5.74) is 7.15. The van der Waals surface area contributed by atoms with E-state index in [0.717, 1.165) is 24.5 Å². The Balaban J connectivity index is 2.79. The van der Waals surface area contributed by atoms with E-state index in [1.807, 2.05) is 6.33 Å². The number of anilines is 1. The average molecular weight is 209 g/mol. The van der Waals surface area contributed by atoms with E-state index in [4.69, 9.17) is 5.73 Å². The van der Waals surface area contributed by atoms with Crippen molar-refractivity contribution in [2.24, 2.45) is 5.92 Å². The molecule has 3 heteroatoms. The Hall–Kier alpha value is -0.990. The van der Waals surface area contributed by atoms with Crippen molar-refractivity contribution in [2.45, 2.75) is 53.0 Å². The lowest BCUT2D eigenvalue weighted by Gasteiger charge is -2.11. The molecule has 1 aromatic rings. The van der Waals surface area contributed by atoms with E-state index >= 15 is 0 Å². The lowest BCUT2D eigenvalue weighted by molar-refractivity contribution is 0.526. The van der Waals surface area contributed by atoms with Gasteiger partial charge in [-0.3, -0.25) is 0 Å². The lowest BCUT2D eigenvalue weighted by Crippen LogP contribution is -2.08. The van der Waals surface area contributed by atoms with Gasteiger partial charge in [0.15, 0.2) is 0 Å². The molecule has 1 heterocycles. The van der Waals surface area contributed by atoms with Crippen LogP contribution in [0.4, 0.5) is 5.82 Å². The first kappa shape index (κ1) is 12.1. The zero-order valence-electron chi connectivity index (χ0n) is 10.3. The summed E-state index contributed by atoms with van der Waals surface area (Å²) >= 11 is 0. The van der Waals surface area contributed by atoms with Gasteiger partial charge in [-0.15, -0.1) is 0 Å². The van der Waals surface area contributed by atoms with Crippen LogP contribution < -0.4 is 5.73 Å². The van der Waals surface area contributed by atoms with Gasteiger partial charge in [0, 0.05) is 12.5 Å². The molecule has 1 atom stereocenters. The quantitative estimate of drug-likeness (QED) is 0.810. The van der Waals surface area contributed by atoms with Crippen LogP contribution in [0.1, 0.15) is 52.1 Å². The second-order valence-corrected chi connectivity index (χ2v) is 4.75. The second kappa shape index (κ2) is 5.19. The molecule has 0 aromatic carbocycles. The number of nitrogens with zero attached hydrogens (tertiary/aromatic N) is 2. The van der Waals surface area contributed by atoms with Crippen LogP contribution in [0.2, 0.25) is 0 Å². The molecule has 0 aliphatic carbocycles. The van der Waals surface area contributed by atoms with Crippen molar-refractivity contribution in [3.63, 3.8) is 0 Å². The molecular formula is C12H23N3. The van der Waals surface area contributed by atoms with E-state index in [0.29, 0.717) is 11.8 Å². The van der Waals surface area contributed by atoms with Crippen LogP contribution in [0.15, 0.2) is 6.33 Å². The van der Waals surface area contributed by atoms with Gasteiger partial charge in [-0.2, -0.15) is 0 Å². The van der Waals surface area contributed by atoms with Gasteiger partial charge in [-0.05, 0) is 12.3 Å². The first-order chi connectivity index (χ1) is 7.06. The predicted octanol–water partition coefficient (Wildman–Crippen LogP) is 3.02. The van der Waals surface area contributed by atoms with Crippen LogP contribution in [-0.2, 0) is 6.54 Å². The minimum Gasteiger partial charge on any atom is -0.384 e.